The number of nitrogens with zero attached hydrogens (tertiary/aromatic N) is 1. The molecule has 1 aromatic heterocycles. The second-order valence-electron chi connectivity index (χ2n) is 6.32. The molecule has 0 radical (unpaired) electrons. The van der Waals surface area contributed by atoms with E-state index in [2.05, 4.69) is 10.6 Å². The summed E-state index contributed by atoms with van der Waals surface area (Å²) in [5.41, 5.74) is -0.479. The van der Waals surface area contributed by atoms with Gasteiger partial charge in [0.15, 0.2) is 0 Å². The van der Waals surface area contributed by atoms with Crippen LogP contribution in [0.15, 0.2) is 17.5 Å². The number of carbonyl (C=O) groups is 2. The highest BCUT2D eigenvalue weighted by atomic mass is 32.1. The molecule has 1 aliphatic rings. The quantitative estimate of drug-likeness (QED) is 0.876. The second-order valence-corrected chi connectivity index (χ2v) is 7.27. The maximum Gasteiger partial charge on any atom is 0.410 e. The number of piperidine rings is 1. The summed E-state index contributed by atoms with van der Waals surface area (Å²) in [6.45, 7) is 6.76. The third-order valence-electron chi connectivity index (χ3n) is 3.24. The van der Waals surface area contributed by atoms with Crippen LogP contribution in [0.1, 0.15) is 33.6 Å². The number of thiophene rings is 1. The van der Waals surface area contributed by atoms with Gasteiger partial charge in [0, 0.05) is 19.1 Å². The number of carbonyl (C=O) groups excluding carboxylic acids is 2. The van der Waals surface area contributed by atoms with Gasteiger partial charge in [-0.25, -0.2) is 9.59 Å². The van der Waals surface area contributed by atoms with Gasteiger partial charge in [0.05, 0.1) is 5.00 Å². The first-order chi connectivity index (χ1) is 10.3. The van der Waals surface area contributed by atoms with Gasteiger partial charge in [-0.3, -0.25) is 5.32 Å². The fourth-order valence-corrected chi connectivity index (χ4v) is 2.83. The van der Waals surface area contributed by atoms with E-state index in [0.29, 0.717) is 13.1 Å². The van der Waals surface area contributed by atoms with Gasteiger partial charge in [0.2, 0.25) is 0 Å². The van der Waals surface area contributed by atoms with Crippen LogP contribution in [0, 0.1) is 0 Å². The molecule has 0 spiro atoms. The van der Waals surface area contributed by atoms with Gasteiger partial charge in [-0.2, -0.15) is 0 Å². The van der Waals surface area contributed by atoms with E-state index in [9.17, 15) is 9.59 Å². The summed E-state index contributed by atoms with van der Waals surface area (Å²) in [4.78, 5) is 25.5. The van der Waals surface area contributed by atoms with E-state index >= 15 is 0 Å². The molecule has 1 saturated heterocycles. The predicted octanol–water partition coefficient (Wildman–Crippen LogP) is 3.27. The highest BCUT2D eigenvalue weighted by Gasteiger charge is 2.27. The number of nitrogens with one attached hydrogen (secondary N) is 2. The lowest BCUT2D eigenvalue weighted by atomic mass is 10.1. The maximum absolute atomic E-state index is 12.0. The first kappa shape index (κ1) is 16.6. The van der Waals surface area contributed by atoms with Crippen molar-refractivity contribution in [3.63, 3.8) is 0 Å². The van der Waals surface area contributed by atoms with Crippen molar-refractivity contribution >= 4 is 28.5 Å². The molecular weight excluding hydrogens is 302 g/mol. The van der Waals surface area contributed by atoms with Gasteiger partial charge in [0.25, 0.3) is 0 Å². The molecule has 22 heavy (non-hydrogen) atoms. The van der Waals surface area contributed by atoms with Crippen molar-refractivity contribution in [3.05, 3.63) is 17.5 Å². The minimum atomic E-state index is -0.479. The number of likely N-dealkylation sites (tertiary alicyclic amines) is 1. The molecule has 1 aromatic rings. The Morgan fingerprint density at radius 1 is 1.32 bits per heavy atom. The minimum absolute atomic E-state index is 0.0821. The van der Waals surface area contributed by atoms with Crippen LogP contribution < -0.4 is 10.6 Å². The van der Waals surface area contributed by atoms with Crippen LogP contribution in [-0.4, -0.2) is 41.8 Å². The number of amides is 3. The zero-order chi connectivity index (χ0) is 16.2. The monoisotopic (exact) mass is 325 g/mol. The highest BCUT2D eigenvalue weighted by Crippen LogP contribution is 2.17. The minimum Gasteiger partial charge on any atom is -0.444 e. The topological polar surface area (TPSA) is 70.7 Å². The van der Waals surface area contributed by atoms with Crippen molar-refractivity contribution in [2.24, 2.45) is 0 Å². The fourth-order valence-electron chi connectivity index (χ4n) is 2.22. The molecular formula is C15H23N3O3S. The summed E-state index contributed by atoms with van der Waals surface area (Å²) >= 11 is 1.48. The van der Waals surface area contributed by atoms with Crippen molar-refractivity contribution in [1.29, 1.82) is 0 Å². The Labute approximate surface area is 134 Å². The summed E-state index contributed by atoms with van der Waals surface area (Å²) in [6.07, 6.45) is 1.18. The van der Waals surface area contributed by atoms with Crippen LogP contribution in [0.4, 0.5) is 14.6 Å². The Bertz CT molecular complexity index is 503. The zero-order valence-corrected chi connectivity index (χ0v) is 14.0. The van der Waals surface area contributed by atoms with E-state index in [1.54, 1.807) is 4.90 Å². The molecule has 122 valence electrons. The summed E-state index contributed by atoms with van der Waals surface area (Å²) in [5, 5.41) is 8.47. The Hall–Kier alpha value is -1.76. The molecule has 6 nitrogen and oxygen atoms in total. The molecule has 1 fully saturated rings. The van der Waals surface area contributed by atoms with Gasteiger partial charge in [0.1, 0.15) is 5.60 Å². The maximum atomic E-state index is 12.0. The lowest BCUT2D eigenvalue weighted by Crippen LogP contribution is -2.48. The lowest BCUT2D eigenvalue weighted by molar-refractivity contribution is 0.0202. The van der Waals surface area contributed by atoms with E-state index in [1.165, 1.54) is 11.3 Å². The van der Waals surface area contributed by atoms with Gasteiger partial charge in [-0.15, -0.1) is 11.3 Å². The van der Waals surface area contributed by atoms with E-state index in [1.807, 2.05) is 38.3 Å². The van der Waals surface area contributed by atoms with Crippen LogP contribution in [0.3, 0.4) is 0 Å². The largest absolute Gasteiger partial charge is 0.444 e. The van der Waals surface area contributed by atoms with Gasteiger partial charge >= 0.3 is 12.1 Å². The molecule has 7 heteroatoms. The van der Waals surface area contributed by atoms with E-state index in [-0.39, 0.29) is 18.2 Å². The standard InChI is InChI=1S/C15H23N3O3S/c1-15(2,3)21-14(20)18-8-6-11(7-9-18)16-13(19)17-12-5-4-10-22-12/h4-5,10-11H,6-9H2,1-3H3,(H2,16,17,19). The highest BCUT2D eigenvalue weighted by molar-refractivity contribution is 7.14. The van der Waals surface area contributed by atoms with Crippen molar-refractivity contribution in [1.82, 2.24) is 10.2 Å². The number of anilines is 1. The van der Waals surface area contributed by atoms with E-state index < -0.39 is 5.60 Å². The molecule has 2 heterocycles. The average molecular weight is 325 g/mol. The first-order valence-corrected chi connectivity index (χ1v) is 8.30. The Kier molecular flexibility index (Phi) is 5.28. The predicted molar refractivity (Wildman–Crippen MR) is 87.3 cm³/mol. The summed E-state index contributed by atoms with van der Waals surface area (Å²) < 4.78 is 5.35. The lowest BCUT2D eigenvalue weighted by Gasteiger charge is -2.33. The SMILES string of the molecule is CC(C)(C)OC(=O)N1CCC(NC(=O)Nc2cccs2)CC1. The van der Waals surface area contributed by atoms with E-state index in [4.69, 9.17) is 4.74 Å². The fraction of sp³-hybridized carbons (Fsp3) is 0.600. The van der Waals surface area contributed by atoms with Gasteiger partial charge in [-0.05, 0) is 51.1 Å². The van der Waals surface area contributed by atoms with Crippen LogP contribution >= 0.6 is 11.3 Å². The molecule has 1 aliphatic heterocycles. The summed E-state index contributed by atoms with van der Waals surface area (Å²) in [7, 11) is 0. The van der Waals surface area contributed by atoms with Crippen LogP contribution in [0.5, 0.6) is 0 Å². The molecule has 0 aromatic carbocycles. The van der Waals surface area contributed by atoms with Crippen LogP contribution in [-0.2, 0) is 4.74 Å². The van der Waals surface area contributed by atoms with E-state index in [0.717, 1.165) is 17.8 Å². The molecule has 0 saturated carbocycles. The Morgan fingerprint density at radius 2 is 2.00 bits per heavy atom. The van der Waals surface area contributed by atoms with Gasteiger partial charge < -0.3 is 15.0 Å². The average Bonchev–Trinajstić information content (AvgIpc) is 2.90. The Morgan fingerprint density at radius 3 is 2.55 bits per heavy atom. The summed E-state index contributed by atoms with van der Waals surface area (Å²) in [5.74, 6) is 0. The number of rotatable bonds is 2. The van der Waals surface area contributed by atoms with Crippen molar-refractivity contribution in [2.45, 2.75) is 45.3 Å². The van der Waals surface area contributed by atoms with Crippen molar-refractivity contribution in [2.75, 3.05) is 18.4 Å². The van der Waals surface area contributed by atoms with Crippen LogP contribution in [0.2, 0.25) is 0 Å². The normalized spacial score (nSPS) is 16.2. The molecule has 2 rings (SSSR count). The third-order valence-corrected chi connectivity index (χ3v) is 4.03. The third kappa shape index (κ3) is 5.22. The smallest absolute Gasteiger partial charge is 0.410 e. The molecule has 0 aliphatic carbocycles. The van der Waals surface area contributed by atoms with Crippen LogP contribution in [0.25, 0.3) is 0 Å². The molecule has 0 unspecified atom stereocenters. The summed E-state index contributed by atoms with van der Waals surface area (Å²) in [6, 6.07) is 3.63. The van der Waals surface area contributed by atoms with Crippen molar-refractivity contribution < 1.29 is 14.3 Å². The number of urea groups is 1. The number of ether oxygens (including phenoxy) is 1. The first-order valence-electron chi connectivity index (χ1n) is 7.42. The molecule has 2 N–H and O–H groups in total. The molecule has 3 amide bonds. The Balaban J connectivity index is 1.73. The number of hydrogen-bond donors (Lipinski definition) is 2. The molecule has 0 atom stereocenters. The van der Waals surface area contributed by atoms with Crippen molar-refractivity contribution in [3.8, 4) is 0 Å². The zero-order valence-electron chi connectivity index (χ0n) is 13.2. The molecule has 0 bridgehead atoms. The second kappa shape index (κ2) is 7.00. The number of hydrogen-bond acceptors (Lipinski definition) is 4. The van der Waals surface area contributed by atoms with Gasteiger partial charge in [-0.1, -0.05) is 0 Å².